The van der Waals surface area contributed by atoms with Crippen LogP contribution in [0.5, 0.6) is 5.75 Å². The maximum atomic E-state index is 12.2. The van der Waals surface area contributed by atoms with Gasteiger partial charge in [0.15, 0.2) is 0 Å². The molecule has 0 aromatic heterocycles. The van der Waals surface area contributed by atoms with E-state index in [-0.39, 0.29) is 6.04 Å². The number of esters is 1. The molecule has 132 valence electrons. The Hall–Kier alpha value is -2.37. The Morgan fingerprint density at radius 2 is 1.84 bits per heavy atom. The van der Waals surface area contributed by atoms with Crippen molar-refractivity contribution in [3.8, 4) is 5.75 Å². The van der Waals surface area contributed by atoms with Gasteiger partial charge in [0.2, 0.25) is 0 Å². The summed E-state index contributed by atoms with van der Waals surface area (Å²) in [4.78, 5) is 12.2. The molecule has 4 atom stereocenters. The number of carbonyl (C=O) groups excluding carboxylic acids is 1. The Kier molecular flexibility index (Phi) is 5.36. The minimum Gasteiger partial charge on any atom is -0.497 e. The first-order chi connectivity index (χ1) is 12.1. The third kappa shape index (κ3) is 3.83. The van der Waals surface area contributed by atoms with Crippen molar-refractivity contribution < 1.29 is 19.4 Å². The minimum absolute atomic E-state index is 0.104. The molecule has 0 spiro atoms. The fourth-order valence-corrected chi connectivity index (χ4v) is 3.11. The first-order valence-electron chi connectivity index (χ1n) is 8.41. The van der Waals surface area contributed by atoms with E-state index in [0.29, 0.717) is 12.3 Å². The smallest absolute Gasteiger partial charge is 0.316 e. The number of hydrogen-bond donors (Lipinski definition) is 2. The molecule has 0 amide bonds. The highest BCUT2D eigenvalue weighted by Crippen LogP contribution is 2.32. The predicted octanol–water partition coefficient (Wildman–Crippen LogP) is 2.42. The Morgan fingerprint density at radius 1 is 1.16 bits per heavy atom. The van der Waals surface area contributed by atoms with E-state index in [1.165, 1.54) is 0 Å². The Labute approximate surface area is 147 Å². The second kappa shape index (κ2) is 7.68. The summed E-state index contributed by atoms with van der Waals surface area (Å²) in [6.07, 6.45) is -1.44. The van der Waals surface area contributed by atoms with Crippen LogP contribution in [0.2, 0.25) is 0 Å². The van der Waals surface area contributed by atoms with Gasteiger partial charge in [-0.25, -0.2) is 0 Å². The van der Waals surface area contributed by atoms with Crippen LogP contribution < -0.4 is 10.1 Å². The van der Waals surface area contributed by atoms with Gasteiger partial charge >= 0.3 is 5.97 Å². The summed E-state index contributed by atoms with van der Waals surface area (Å²) < 4.78 is 10.5. The molecular formula is C20H23NO4. The maximum absolute atomic E-state index is 12.2. The average Bonchev–Trinajstić information content (AvgIpc) is 2.94. The van der Waals surface area contributed by atoms with Crippen LogP contribution in [-0.2, 0) is 9.53 Å². The molecule has 2 N–H and O–H groups in total. The molecule has 3 rings (SSSR count). The number of aliphatic hydroxyl groups is 1. The van der Waals surface area contributed by atoms with E-state index in [0.717, 1.165) is 11.1 Å². The van der Waals surface area contributed by atoms with E-state index in [1.54, 1.807) is 31.4 Å². The Bertz CT molecular complexity index is 701. The molecule has 0 bridgehead atoms. The van der Waals surface area contributed by atoms with E-state index in [2.05, 4.69) is 5.32 Å². The zero-order chi connectivity index (χ0) is 17.8. The maximum Gasteiger partial charge on any atom is 0.316 e. The molecular weight excluding hydrogens is 318 g/mol. The minimum atomic E-state index is -0.878. The summed E-state index contributed by atoms with van der Waals surface area (Å²) in [6.45, 7) is 2.44. The molecule has 0 aliphatic carbocycles. The van der Waals surface area contributed by atoms with Crippen molar-refractivity contribution in [2.75, 3.05) is 13.7 Å². The SMILES string of the molecule is COc1ccc(C2C(=O)OC(CN[C@H](C)c3ccccc3)C2O)cc1. The van der Waals surface area contributed by atoms with Crippen LogP contribution in [0.1, 0.15) is 30.0 Å². The molecule has 1 aliphatic rings. The standard InChI is InChI=1S/C20H23NO4/c1-13(14-6-4-3-5-7-14)21-12-17-19(22)18(20(23)25-17)15-8-10-16(24-2)11-9-15/h3-11,13,17-19,21-22H,12H2,1-2H3/t13-,17?,18?,19?/m1/s1. The molecule has 2 aromatic carbocycles. The number of aliphatic hydroxyl groups excluding tert-OH is 1. The van der Waals surface area contributed by atoms with Crippen molar-refractivity contribution in [2.45, 2.75) is 31.1 Å². The molecule has 0 radical (unpaired) electrons. The van der Waals surface area contributed by atoms with Gasteiger partial charge in [-0.1, -0.05) is 42.5 Å². The van der Waals surface area contributed by atoms with Gasteiger partial charge in [-0.15, -0.1) is 0 Å². The van der Waals surface area contributed by atoms with E-state index in [4.69, 9.17) is 9.47 Å². The highest BCUT2D eigenvalue weighted by atomic mass is 16.6. The average molecular weight is 341 g/mol. The van der Waals surface area contributed by atoms with E-state index >= 15 is 0 Å². The third-order valence-corrected chi connectivity index (χ3v) is 4.64. The number of rotatable bonds is 6. The first-order valence-corrected chi connectivity index (χ1v) is 8.41. The lowest BCUT2D eigenvalue weighted by Gasteiger charge is -2.20. The number of nitrogens with one attached hydrogen (secondary N) is 1. The molecule has 5 nitrogen and oxygen atoms in total. The van der Waals surface area contributed by atoms with Gasteiger partial charge in [0.25, 0.3) is 0 Å². The van der Waals surface area contributed by atoms with Gasteiger partial charge in [-0.05, 0) is 30.2 Å². The highest BCUT2D eigenvalue weighted by Gasteiger charge is 2.44. The van der Waals surface area contributed by atoms with Gasteiger partial charge < -0.3 is 19.9 Å². The van der Waals surface area contributed by atoms with E-state index in [9.17, 15) is 9.90 Å². The fourth-order valence-electron chi connectivity index (χ4n) is 3.11. The lowest BCUT2D eigenvalue weighted by Crippen LogP contribution is -2.36. The van der Waals surface area contributed by atoms with Crippen LogP contribution in [0.25, 0.3) is 0 Å². The van der Waals surface area contributed by atoms with Gasteiger partial charge in [-0.3, -0.25) is 4.79 Å². The lowest BCUT2D eigenvalue weighted by atomic mass is 9.93. The van der Waals surface area contributed by atoms with Crippen LogP contribution in [0.4, 0.5) is 0 Å². The third-order valence-electron chi connectivity index (χ3n) is 4.64. The van der Waals surface area contributed by atoms with Gasteiger partial charge in [0.1, 0.15) is 23.9 Å². The second-order valence-corrected chi connectivity index (χ2v) is 6.26. The molecule has 1 aliphatic heterocycles. The molecule has 3 unspecified atom stereocenters. The highest BCUT2D eigenvalue weighted by molar-refractivity contribution is 5.81. The molecule has 0 saturated carbocycles. The van der Waals surface area contributed by atoms with Crippen LogP contribution in [0, 0.1) is 0 Å². The molecule has 1 fully saturated rings. The number of carbonyl (C=O) groups is 1. The van der Waals surface area contributed by atoms with Gasteiger partial charge in [0, 0.05) is 12.6 Å². The van der Waals surface area contributed by atoms with E-state index < -0.39 is 24.1 Å². The molecule has 1 heterocycles. The summed E-state index contributed by atoms with van der Waals surface area (Å²) in [7, 11) is 1.59. The van der Waals surface area contributed by atoms with E-state index in [1.807, 2.05) is 37.3 Å². The summed E-state index contributed by atoms with van der Waals surface area (Å²) >= 11 is 0. The van der Waals surface area contributed by atoms with Crippen LogP contribution in [0.3, 0.4) is 0 Å². The zero-order valence-electron chi connectivity index (χ0n) is 14.4. The lowest BCUT2D eigenvalue weighted by molar-refractivity contribution is -0.142. The summed E-state index contributed by atoms with van der Waals surface area (Å²) in [5.41, 5.74) is 1.88. The number of hydrogen-bond acceptors (Lipinski definition) is 5. The van der Waals surface area contributed by atoms with Gasteiger partial charge in [-0.2, -0.15) is 0 Å². The zero-order valence-corrected chi connectivity index (χ0v) is 14.4. The normalized spacial score (nSPS) is 24.0. The summed E-state index contributed by atoms with van der Waals surface area (Å²) in [5, 5.41) is 13.9. The van der Waals surface area contributed by atoms with Crippen molar-refractivity contribution in [1.29, 1.82) is 0 Å². The fraction of sp³-hybridized carbons (Fsp3) is 0.350. The molecule has 2 aromatic rings. The Morgan fingerprint density at radius 3 is 2.48 bits per heavy atom. The Balaban J connectivity index is 1.63. The van der Waals surface area contributed by atoms with Crippen molar-refractivity contribution >= 4 is 5.97 Å². The quantitative estimate of drug-likeness (QED) is 0.790. The number of benzene rings is 2. The van der Waals surface area contributed by atoms with Crippen molar-refractivity contribution in [1.82, 2.24) is 5.32 Å². The van der Waals surface area contributed by atoms with Crippen molar-refractivity contribution in [3.05, 3.63) is 65.7 Å². The van der Waals surface area contributed by atoms with Gasteiger partial charge in [0.05, 0.1) is 7.11 Å². The van der Waals surface area contributed by atoms with Crippen LogP contribution in [0.15, 0.2) is 54.6 Å². The molecule has 25 heavy (non-hydrogen) atoms. The molecule has 1 saturated heterocycles. The summed E-state index contributed by atoms with van der Waals surface area (Å²) in [6, 6.07) is 17.2. The number of ether oxygens (including phenoxy) is 2. The van der Waals surface area contributed by atoms with Crippen LogP contribution >= 0.6 is 0 Å². The monoisotopic (exact) mass is 341 g/mol. The number of methoxy groups -OCH3 is 1. The largest absolute Gasteiger partial charge is 0.497 e. The topological polar surface area (TPSA) is 67.8 Å². The summed E-state index contributed by atoms with van der Waals surface area (Å²) in [5.74, 6) is -0.346. The predicted molar refractivity (Wildman–Crippen MR) is 94.5 cm³/mol. The second-order valence-electron chi connectivity index (χ2n) is 6.26. The first kappa shape index (κ1) is 17.5. The van der Waals surface area contributed by atoms with Crippen molar-refractivity contribution in [2.24, 2.45) is 0 Å². The van der Waals surface area contributed by atoms with Crippen LogP contribution in [-0.4, -0.2) is 36.9 Å². The molecule has 5 heteroatoms. The van der Waals surface area contributed by atoms with Crippen molar-refractivity contribution in [3.63, 3.8) is 0 Å². The number of cyclic esters (lactones) is 1.